The van der Waals surface area contributed by atoms with Crippen LogP contribution in [0.3, 0.4) is 0 Å². The Labute approximate surface area is 149 Å². The summed E-state index contributed by atoms with van der Waals surface area (Å²) in [6.45, 7) is 2.04. The van der Waals surface area contributed by atoms with Crippen LogP contribution in [0.1, 0.15) is 21.9 Å². The fourth-order valence-corrected chi connectivity index (χ4v) is 2.45. The van der Waals surface area contributed by atoms with Gasteiger partial charge in [0.2, 0.25) is 0 Å². The molecule has 0 radical (unpaired) electrons. The van der Waals surface area contributed by atoms with Crippen molar-refractivity contribution in [2.75, 3.05) is 5.32 Å². The van der Waals surface area contributed by atoms with E-state index in [4.69, 9.17) is 20.8 Å². The third-order valence-electron chi connectivity index (χ3n) is 3.45. The van der Waals surface area contributed by atoms with Crippen LogP contribution in [0, 0.1) is 12.7 Å². The van der Waals surface area contributed by atoms with Crippen LogP contribution < -0.4 is 10.1 Å². The van der Waals surface area contributed by atoms with Gasteiger partial charge in [0, 0.05) is 0 Å². The van der Waals surface area contributed by atoms with Crippen molar-refractivity contribution in [2.24, 2.45) is 0 Å². The van der Waals surface area contributed by atoms with E-state index < -0.39 is 5.91 Å². The molecule has 6 heteroatoms. The number of furan rings is 1. The van der Waals surface area contributed by atoms with Gasteiger partial charge in [0.25, 0.3) is 5.91 Å². The summed E-state index contributed by atoms with van der Waals surface area (Å²) in [5.74, 6) is 0.395. The number of rotatable bonds is 5. The molecular weight excluding hydrogens is 345 g/mol. The number of nitrogens with one attached hydrogen (secondary N) is 1. The second kappa shape index (κ2) is 7.40. The molecule has 25 heavy (non-hydrogen) atoms. The number of anilines is 1. The Bertz CT molecular complexity index is 890. The number of benzene rings is 2. The number of carbonyl (C=O) groups is 1. The largest absolute Gasteiger partial charge is 0.486 e. The van der Waals surface area contributed by atoms with Crippen LogP contribution >= 0.6 is 11.6 Å². The monoisotopic (exact) mass is 359 g/mol. The molecule has 0 bridgehead atoms. The van der Waals surface area contributed by atoms with E-state index in [0.29, 0.717) is 22.2 Å². The average Bonchev–Trinajstić information content (AvgIpc) is 3.06. The number of halogens is 2. The van der Waals surface area contributed by atoms with Gasteiger partial charge in [0.05, 0.1) is 10.7 Å². The average molecular weight is 360 g/mol. The molecular formula is C19H15ClFNO3. The molecule has 1 heterocycles. The SMILES string of the molecule is Cc1ccc(NC(=O)c2ccc(COc3ccc(F)cc3)o2)c(Cl)c1. The molecule has 128 valence electrons. The molecule has 1 aromatic heterocycles. The van der Waals surface area contributed by atoms with Crippen LogP contribution in [0.5, 0.6) is 5.75 Å². The Morgan fingerprint density at radius 1 is 1.16 bits per heavy atom. The van der Waals surface area contributed by atoms with Gasteiger partial charge in [0.15, 0.2) is 5.76 Å². The highest BCUT2D eigenvalue weighted by atomic mass is 35.5. The first-order chi connectivity index (χ1) is 12.0. The lowest BCUT2D eigenvalue weighted by molar-refractivity contribution is 0.0992. The van der Waals surface area contributed by atoms with Gasteiger partial charge in [-0.3, -0.25) is 4.79 Å². The second-order valence-electron chi connectivity index (χ2n) is 5.45. The van der Waals surface area contributed by atoms with Crippen molar-refractivity contribution >= 4 is 23.2 Å². The van der Waals surface area contributed by atoms with E-state index >= 15 is 0 Å². The zero-order chi connectivity index (χ0) is 17.8. The molecule has 0 fully saturated rings. The molecule has 0 atom stereocenters. The minimum atomic E-state index is -0.404. The third kappa shape index (κ3) is 4.39. The molecule has 0 aliphatic heterocycles. The molecule has 1 amide bonds. The molecule has 0 saturated heterocycles. The van der Waals surface area contributed by atoms with Crippen molar-refractivity contribution in [2.45, 2.75) is 13.5 Å². The van der Waals surface area contributed by atoms with Gasteiger partial charge in [-0.1, -0.05) is 17.7 Å². The minimum Gasteiger partial charge on any atom is -0.486 e. The zero-order valence-corrected chi connectivity index (χ0v) is 14.1. The van der Waals surface area contributed by atoms with E-state index in [9.17, 15) is 9.18 Å². The fourth-order valence-electron chi connectivity index (χ4n) is 2.17. The molecule has 1 N–H and O–H groups in total. The van der Waals surface area contributed by atoms with E-state index in [1.54, 1.807) is 24.3 Å². The second-order valence-corrected chi connectivity index (χ2v) is 5.85. The summed E-state index contributed by atoms with van der Waals surface area (Å²) in [4.78, 5) is 12.2. The van der Waals surface area contributed by atoms with Crippen molar-refractivity contribution in [1.29, 1.82) is 0 Å². The van der Waals surface area contributed by atoms with Crippen LogP contribution in [0.4, 0.5) is 10.1 Å². The summed E-state index contributed by atoms with van der Waals surface area (Å²) in [5.41, 5.74) is 1.51. The molecule has 2 aromatic carbocycles. The first-order valence-electron chi connectivity index (χ1n) is 7.56. The molecule has 3 rings (SSSR count). The highest BCUT2D eigenvalue weighted by Gasteiger charge is 2.13. The van der Waals surface area contributed by atoms with E-state index in [2.05, 4.69) is 5.32 Å². The van der Waals surface area contributed by atoms with Gasteiger partial charge in [-0.15, -0.1) is 0 Å². The Kier molecular flexibility index (Phi) is 5.05. The lowest BCUT2D eigenvalue weighted by Gasteiger charge is -2.06. The number of amides is 1. The van der Waals surface area contributed by atoms with E-state index in [0.717, 1.165) is 5.56 Å². The quantitative estimate of drug-likeness (QED) is 0.680. The molecule has 0 aliphatic carbocycles. The first kappa shape index (κ1) is 17.0. The maximum Gasteiger partial charge on any atom is 0.291 e. The third-order valence-corrected chi connectivity index (χ3v) is 3.77. The summed E-state index contributed by atoms with van der Waals surface area (Å²) in [5, 5.41) is 3.16. The van der Waals surface area contributed by atoms with E-state index in [1.165, 1.54) is 24.3 Å². The summed E-state index contributed by atoms with van der Waals surface area (Å²) in [6.07, 6.45) is 0. The first-order valence-corrected chi connectivity index (χ1v) is 7.93. The summed E-state index contributed by atoms with van der Waals surface area (Å²) in [6, 6.07) is 14.2. The van der Waals surface area contributed by atoms with Crippen molar-refractivity contribution in [3.63, 3.8) is 0 Å². The molecule has 0 spiro atoms. The molecule has 4 nitrogen and oxygen atoms in total. The van der Waals surface area contributed by atoms with Crippen LogP contribution in [0.15, 0.2) is 59.0 Å². The Hall–Kier alpha value is -2.79. The fraction of sp³-hybridized carbons (Fsp3) is 0.105. The van der Waals surface area contributed by atoms with Crippen molar-refractivity contribution < 1.29 is 18.3 Å². The molecule has 0 saturated carbocycles. The Morgan fingerprint density at radius 2 is 1.92 bits per heavy atom. The van der Waals surface area contributed by atoms with Gasteiger partial charge in [0.1, 0.15) is 23.9 Å². The maximum absolute atomic E-state index is 12.8. The smallest absolute Gasteiger partial charge is 0.291 e. The number of ether oxygens (including phenoxy) is 1. The van der Waals surface area contributed by atoms with Gasteiger partial charge >= 0.3 is 0 Å². The van der Waals surface area contributed by atoms with E-state index in [-0.39, 0.29) is 18.2 Å². The number of aryl methyl sites for hydroxylation is 1. The Morgan fingerprint density at radius 3 is 2.64 bits per heavy atom. The molecule has 3 aromatic rings. The van der Waals surface area contributed by atoms with Gasteiger partial charge in [-0.2, -0.15) is 0 Å². The molecule has 0 unspecified atom stereocenters. The lowest BCUT2D eigenvalue weighted by atomic mass is 10.2. The van der Waals surface area contributed by atoms with Crippen molar-refractivity contribution in [3.05, 3.63) is 82.5 Å². The summed E-state index contributed by atoms with van der Waals surface area (Å²) in [7, 11) is 0. The summed E-state index contributed by atoms with van der Waals surface area (Å²) >= 11 is 6.10. The molecule has 0 aliphatic rings. The summed E-state index contributed by atoms with van der Waals surface area (Å²) < 4.78 is 23.8. The normalized spacial score (nSPS) is 10.5. The van der Waals surface area contributed by atoms with Crippen LogP contribution in [0.25, 0.3) is 0 Å². The lowest BCUT2D eigenvalue weighted by Crippen LogP contribution is -2.11. The predicted molar refractivity (Wildman–Crippen MR) is 93.6 cm³/mol. The van der Waals surface area contributed by atoms with E-state index in [1.807, 2.05) is 13.0 Å². The number of hydrogen-bond donors (Lipinski definition) is 1. The topological polar surface area (TPSA) is 51.5 Å². The van der Waals surface area contributed by atoms with Crippen LogP contribution in [0.2, 0.25) is 5.02 Å². The highest BCUT2D eigenvalue weighted by Crippen LogP contribution is 2.23. The number of carbonyl (C=O) groups excluding carboxylic acids is 1. The maximum atomic E-state index is 12.8. The van der Waals surface area contributed by atoms with Gasteiger partial charge in [-0.05, 0) is 61.0 Å². The standard InChI is InChI=1S/C19H15ClFNO3/c1-12-2-8-17(16(20)10-12)22-19(23)18-9-7-15(25-18)11-24-14-5-3-13(21)4-6-14/h2-10H,11H2,1H3,(H,22,23). The minimum absolute atomic E-state index is 0.129. The van der Waals surface area contributed by atoms with Crippen LogP contribution in [-0.2, 0) is 6.61 Å². The zero-order valence-electron chi connectivity index (χ0n) is 13.4. The predicted octanol–water partition coefficient (Wildman–Crippen LogP) is 5.21. The van der Waals surface area contributed by atoms with Crippen LogP contribution in [-0.4, -0.2) is 5.91 Å². The van der Waals surface area contributed by atoms with Gasteiger partial charge in [-0.25, -0.2) is 4.39 Å². The van der Waals surface area contributed by atoms with Gasteiger partial charge < -0.3 is 14.5 Å². The van der Waals surface area contributed by atoms with Crippen molar-refractivity contribution in [1.82, 2.24) is 0 Å². The number of hydrogen-bond acceptors (Lipinski definition) is 3. The Balaban J connectivity index is 1.62. The van der Waals surface area contributed by atoms with Crippen molar-refractivity contribution in [3.8, 4) is 5.75 Å². The highest BCUT2D eigenvalue weighted by molar-refractivity contribution is 6.34.